The van der Waals surface area contributed by atoms with Crippen LogP contribution in [0.25, 0.3) is 0 Å². The van der Waals surface area contributed by atoms with Gasteiger partial charge in [0.25, 0.3) is 0 Å². The summed E-state index contributed by atoms with van der Waals surface area (Å²) in [6.07, 6.45) is 0.306. The first kappa shape index (κ1) is 17.2. The van der Waals surface area contributed by atoms with Crippen molar-refractivity contribution in [1.29, 1.82) is 0 Å². The molecule has 20 heavy (non-hydrogen) atoms. The first-order valence-electron chi connectivity index (χ1n) is 5.34. The van der Waals surface area contributed by atoms with Crippen molar-refractivity contribution in [1.82, 2.24) is 4.31 Å². The summed E-state index contributed by atoms with van der Waals surface area (Å²) in [7, 11) is -4.65. The van der Waals surface area contributed by atoms with E-state index in [9.17, 15) is 26.0 Å². The number of benzene rings is 1. The molecule has 1 aliphatic heterocycles. The average molecular weight is 335 g/mol. The third-order valence-corrected chi connectivity index (χ3v) is 4.74. The molecule has 0 amide bonds. The molecule has 2 rings (SSSR count). The smallest absolute Gasteiger partial charge is 0.249 e. The van der Waals surface area contributed by atoms with Gasteiger partial charge in [0, 0.05) is 25.2 Å². The molecule has 1 aromatic rings. The van der Waals surface area contributed by atoms with Crippen LogP contribution in [0, 0.1) is 23.3 Å². The number of nitrogens with zero attached hydrogens (tertiary/aromatic N) is 1. The highest BCUT2D eigenvalue weighted by Gasteiger charge is 2.37. The molecule has 1 fully saturated rings. The second-order valence-electron chi connectivity index (χ2n) is 4.21. The molecular formula is C10H11ClF4N2O2S. The van der Waals surface area contributed by atoms with Crippen molar-refractivity contribution < 1.29 is 26.0 Å². The van der Waals surface area contributed by atoms with Gasteiger partial charge in [-0.1, -0.05) is 0 Å². The second kappa shape index (κ2) is 5.84. The molecule has 1 aliphatic rings. The molecule has 0 unspecified atom stereocenters. The van der Waals surface area contributed by atoms with Gasteiger partial charge >= 0.3 is 0 Å². The van der Waals surface area contributed by atoms with Crippen LogP contribution in [0.2, 0.25) is 0 Å². The Morgan fingerprint density at radius 3 is 2.05 bits per heavy atom. The highest BCUT2D eigenvalue weighted by molar-refractivity contribution is 7.89. The zero-order chi connectivity index (χ0) is 14.4. The lowest BCUT2D eigenvalue weighted by atomic mass is 10.3. The van der Waals surface area contributed by atoms with Gasteiger partial charge in [-0.3, -0.25) is 0 Å². The van der Waals surface area contributed by atoms with Crippen molar-refractivity contribution in [2.24, 2.45) is 5.73 Å². The van der Waals surface area contributed by atoms with Crippen LogP contribution in [0.3, 0.4) is 0 Å². The maximum atomic E-state index is 13.5. The Balaban J connectivity index is 0.00000200. The minimum absolute atomic E-state index is 0. The van der Waals surface area contributed by atoms with E-state index in [-0.39, 0.29) is 31.6 Å². The SMILES string of the molecule is Cl.N[C@@H]1CCN(S(=O)(=O)c2c(F)c(F)cc(F)c2F)C1. The molecule has 1 aromatic carbocycles. The van der Waals surface area contributed by atoms with Gasteiger partial charge in [-0.15, -0.1) is 12.4 Å². The molecule has 0 radical (unpaired) electrons. The predicted octanol–water partition coefficient (Wildman–Crippen LogP) is 1.39. The van der Waals surface area contributed by atoms with Crippen molar-refractivity contribution in [3.63, 3.8) is 0 Å². The lowest BCUT2D eigenvalue weighted by molar-refractivity contribution is 0.405. The van der Waals surface area contributed by atoms with Gasteiger partial charge < -0.3 is 5.73 Å². The fourth-order valence-corrected chi connectivity index (χ4v) is 3.52. The third kappa shape index (κ3) is 2.76. The lowest BCUT2D eigenvalue weighted by Crippen LogP contribution is -2.33. The maximum Gasteiger partial charge on any atom is 0.249 e. The van der Waals surface area contributed by atoms with Crippen LogP contribution in [0.4, 0.5) is 17.6 Å². The van der Waals surface area contributed by atoms with Gasteiger partial charge in [-0.2, -0.15) is 4.31 Å². The minimum atomic E-state index is -4.65. The molecule has 0 aliphatic carbocycles. The van der Waals surface area contributed by atoms with Gasteiger partial charge in [-0.05, 0) is 6.42 Å². The van der Waals surface area contributed by atoms with Crippen LogP contribution < -0.4 is 5.73 Å². The second-order valence-corrected chi connectivity index (χ2v) is 6.08. The summed E-state index contributed by atoms with van der Waals surface area (Å²) in [5.74, 6) is -7.39. The van der Waals surface area contributed by atoms with Crippen LogP contribution in [-0.2, 0) is 10.0 Å². The summed E-state index contributed by atoms with van der Waals surface area (Å²) in [4.78, 5) is -1.61. The number of sulfonamides is 1. The monoisotopic (exact) mass is 334 g/mol. The molecule has 0 spiro atoms. The number of nitrogens with two attached hydrogens (primary N) is 1. The molecule has 1 heterocycles. The standard InChI is InChI=1S/C10H10F4N2O2S.ClH/c11-6-3-7(12)9(14)10(8(6)13)19(17,18)16-2-1-5(15)4-16;/h3,5H,1-2,4,15H2;1H/t5-;/m1./s1. The molecule has 0 bridgehead atoms. The van der Waals surface area contributed by atoms with Crippen LogP contribution >= 0.6 is 12.4 Å². The number of rotatable bonds is 2. The number of hydrogen-bond acceptors (Lipinski definition) is 3. The Kier molecular flexibility index (Phi) is 5.01. The van der Waals surface area contributed by atoms with Crippen LogP contribution in [-0.4, -0.2) is 31.9 Å². The van der Waals surface area contributed by atoms with Crippen molar-refractivity contribution >= 4 is 22.4 Å². The third-order valence-electron chi connectivity index (χ3n) is 2.86. The molecular weight excluding hydrogens is 324 g/mol. The van der Waals surface area contributed by atoms with Crippen LogP contribution in [0.5, 0.6) is 0 Å². The lowest BCUT2D eigenvalue weighted by Gasteiger charge is -2.17. The van der Waals surface area contributed by atoms with Crippen molar-refractivity contribution in [2.75, 3.05) is 13.1 Å². The van der Waals surface area contributed by atoms with Crippen molar-refractivity contribution in [3.8, 4) is 0 Å². The highest BCUT2D eigenvalue weighted by Crippen LogP contribution is 2.28. The maximum absolute atomic E-state index is 13.5. The normalized spacial score (nSPS) is 19.9. The molecule has 114 valence electrons. The molecule has 10 heteroatoms. The Hall–Kier alpha value is -0.900. The van der Waals surface area contributed by atoms with Crippen LogP contribution in [0.1, 0.15) is 6.42 Å². The number of hydrogen-bond donors (Lipinski definition) is 1. The van der Waals surface area contributed by atoms with Gasteiger partial charge in [0.15, 0.2) is 28.2 Å². The first-order chi connectivity index (χ1) is 8.75. The van der Waals surface area contributed by atoms with Gasteiger partial charge in [0.05, 0.1) is 0 Å². The van der Waals surface area contributed by atoms with Gasteiger partial charge in [0.1, 0.15) is 0 Å². The van der Waals surface area contributed by atoms with E-state index in [0.717, 1.165) is 0 Å². The van der Waals surface area contributed by atoms with E-state index in [1.54, 1.807) is 0 Å². The Bertz CT molecular complexity index is 600. The Morgan fingerprint density at radius 1 is 1.15 bits per heavy atom. The van der Waals surface area contributed by atoms with E-state index >= 15 is 0 Å². The van der Waals surface area contributed by atoms with Gasteiger partial charge in [0.2, 0.25) is 10.0 Å². The topological polar surface area (TPSA) is 63.4 Å². The Morgan fingerprint density at radius 2 is 1.65 bits per heavy atom. The molecule has 0 saturated carbocycles. The van der Waals surface area contributed by atoms with Gasteiger partial charge in [-0.25, -0.2) is 26.0 Å². The van der Waals surface area contributed by atoms with E-state index in [4.69, 9.17) is 5.73 Å². The zero-order valence-electron chi connectivity index (χ0n) is 9.95. The summed E-state index contributed by atoms with van der Waals surface area (Å²) in [6, 6.07) is -0.515. The van der Waals surface area contributed by atoms with Crippen LogP contribution in [0.15, 0.2) is 11.0 Å². The molecule has 2 N–H and O–H groups in total. The fraction of sp³-hybridized carbons (Fsp3) is 0.400. The molecule has 1 saturated heterocycles. The highest BCUT2D eigenvalue weighted by atomic mass is 35.5. The fourth-order valence-electron chi connectivity index (χ4n) is 1.88. The average Bonchev–Trinajstić information content (AvgIpc) is 2.74. The summed E-state index contributed by atoms with van der Waals surface area (Å²) < 4.78 is 77.7. The van der Waals surface area contributed by atoms with E-state index in [1.807, 2.05) is 0 Å². The van der Waals surface area contributed by atoms with Crippen molar-refractivity contribution in [3.05, 3.63) is 29.3 Å². The number of halogens is 5. The summed E-state index contributed by atoms with van der Waals surface area (Å²) in [6.45, 7) is -0.208. The van der Waals surface area contributed by atoms with E-state index in [0.29, 0.717) is 10.7 Å². The summed E-state index contributed by atoms with van der Waals surface area (Å²) in [5.41, 5.74) is 5.49. The molecule has 1 atom stereocenters. The zero-order valence-corrected chi connectivity index (χ0v) is 11.6. The summed E-state index contributed by atoms with van der Waals surface area (Å²) >= 11 is 0. The molecule has 0 aromatic heterocycles. The molecule has 4 nitrogen and oxygen atoms in total. The first-order valence-corrected chi connectivity index (χ1v) is 6.78. The van der Waals surface area contributed by atoms with E-state index < -0.39 is 44.2 Å². The minimum Gasteiger partial charge on any atom is -0.326 e. The quantitative estimate of drug-likeness (QED) is 0.656. The summed E-state index contributed by atoms with van der Waals surface area (Å²) in [5, 5.41) is 0. The van der Waals surface area contributed by atoms with Crippen molar-refractivity contribution in [2.45, 2.75) is 17.4 Å². The largest absolute Gasteiger partial charge is 0.326 e. The Labute approximate surface area is 119 Å². The predicted molar refractivity (Wildman–Crippen MR) is 64.9 cm³/mol. The van der Waals surface area contributed by atoms with E-state index in [1.165, 1.54) is 0 Å². The van der Waals surface area contributed by atoms with E-state index in [2.05, 4.69) is 0 Å².